The summed E-state index contributed by atoms with van der Waals surface area (Å²) in [6, 6.07) is 6.71. The zero-order valence-corrected chi connectivity index (χ0v) is 12.9. The normalized spacial score (nSPS) is 29.6. The molecule has 0 aliphatic carbocycles. The first kappa shape index (κ1) is 12.6. The minimum absolute atomic E-state index is 0.124. The van der Waals surface area contributed by atoms with Gasteiger partial charge in [0.2, 0.25) is 5.91 Å². The van der Waals surface area contributed by atoms with E-state index in [1.165, 1.54) is 6.42 Å². The summed E-state index contributed by atoms with van der Waals surface area (Å²) in [4.78, 5) is 12.3. The average molecular weight is 374 g/mol. The second-order valence-corrected chi connectivity index (χ2v) is 6.77. The molecule has 96 valence electrons. The molecular weight excluding hydrogens is 360 g/mol. The van der Waals surface area contributed by atoms with Gasteiger partial charge < -0.3 is 10.6 Å². The Morgan fingerprint density at radius 3 is 2.78 bits per heavy atom. The van der Waals surface area contributed by atoms with Crippen LogP contribution >= 0.6 is 31.9 Å². The summed E-state index contributed by atoms with van der Waals surface area (Å²) in [5.74, 6) is 0.261. The number of halogens is 2. The molecule has 2 aliphatic heterocycles. The largest absolute Gasteiger partial charge is 0.325 e. The monoisotopic (exact) mass is 372 g/mol. The van der Waals surface area contributed by atoms with Crippen molar-refractivity contribution in [1.82, 2.24) is 5.32 Å². The van der Waals surface area contributed by atoms with Gasteiger partial charge in [-0.3, -0.25) is 4.79 Å². The van der Waals surface area contributed by atoms with Gasteiger partial charge in [-0.25, -0.2) is 0 Å². The van der Waals surface area contributed by atoms with Gasteiger partial charge in [-0.15, -0.1) is 0 Å². The molecule has 0 spiro atoms. The van der Waals surface area contributed by atoms with Gasteiger partial charge in [0.1, 0.15) is 0 Å². The van der Waals surface area contributed by atoms with E-state index in [0.717, 1.165) is 27.5 Å². The summed E-state index contributed by atoms with van der Waals surface area (Å²) in [7, 11) is 0. The quantitative estimate of drug-likeness (QED) is 0.835. The number of benzene rings is 1. The van der Waals surface area contributed by atoms with Crippen molar-refractivity contribution in [2.24, 2.45) is 5.92 Å². The summed E-state index contributed by atoms with van der Waals surface area (Å²) in [5.41, 5.74) is 0.839. The molecule has 1 aromatic rings. The van der Waals surface area contributed by atoms with Crippen molar-refractivity contribution in [3.05, 3.63) is 27.1 Å². The van der Waals surface area contributed by atoms with Crippen LogP contribution in [-0.2, 0) is 4.79 Å². The number of carbonyl (C=O) groups excluding carboxylic acids is 1. The molecule has 5 heteroatoms. The molecular formula is C13H14Br2N2O. The molecule has 0 saturated carbocycles. The summed E-state index contributed by atoms with van der Waals surface area (Å²) >= 11 is 6.87. The van der Waals surface area contributed by atoms with E-state index in [2.05, 4.69) is 42.5 Å². The molecule has 2 heterocycles. The molecule has 2 fully saturated rings. The van der Waals surface area contributed by atoms with E-state index in [0.29, 0.717) is 12.1 Å². The molecule has 3 unspecified atom stereocenters. The van der Waals surface area contributed by atoms with Crippen LogP contribution in [0, 0.1) is 5.92 Å². The number of amides is 1. The van der Waals surface area contributed by atoms with Crippen molar-refractivity contribution in [1.29, 1.82) is 0 Å². The molecule has 2 aliphatic rings. The van der Waals surface area contributed by atoms with Crippen molar-refractivity contribution in [3.8, 4) is 0 Å². The maximum atomic E-state index is 12.3. The second-order valence-electron chi connectivity index (χ2n) is 5.00. The molecule has 2 bridgehead atoms. The number of hydrogen-bond acceptors (Lipinski definition) is 2. The van der Waals surface area contributed by atoms with Crippen LogP contribution in [0.2, 0.25) is 0 Å². The summed E-state index contributed by atoms with van der Waals surface area (Å²) in [6.07, 6.45) is 3.32. The lowest BCUT2D eigenvalue weighted by molar-refractivity contribution is -0.120. The van der Waals surface area contributed by atoms with Gasteiger partial charge >= 0.3 is 0 Å². The van der Waals surface area contributed by atoms with Crippen LogP contribution in [0.1, 0.15) is 19.3 Å². The first-order valence-electron chi connectivity index (χ1n) is 6.15. The van der Waals surface area contributed by atoms with Gasteiger partial charge in [-0.1, -0.05) is 15.9 Å². The Balaban J connectivity index is 1.71. The van der Waals surface area contributed by atoms with E-state index in [1.54, 1.807) is 0 Å². The molecule has 3 rings (SSSR count). The summed E-state index contributed by atoms with van der Waals surface area (Å²) < 4.78 is 1.90. The lowest BCUT2D eigenvalue weighted by Crippen LogP contribution is -2.32. The van der Waals surface area contributed by atoms with Crippen LogP contribution in [0.5, 0.6) is 0 Å². The maximum absolute atomic E-state index is 12.3. The Labute approximate surface area is 123 Å². The van der Waals surface area contributed by atoms with Crippen molar-refractivity contribution in [2.75, 3.05) is 5.32 Å². The fraction of sp³-hybridized carbons (Fsp3) is 0.462. The van der Waals surface area contributed by atoms with Gasteiger partial charge in [-0.05, 0) is 53.4 Å². The third-order valence-corrected chi connectivity index (χ3v) is 4.98. The number of anilines is 1. The molecule has 3 atom stereocenters. The first-order valence-corrected chi connectivity index (χ1v) is 7.74. The predicted octanol–water partition coefficient (Wildman–Crippen LogP) is 3.29. The van der Waals surface area contributed by atoms with Crippen LogP contribution in [0.25, 0.3) is 0 Å². The van der Waals surface area contributed by atoms with E-state index in [4.69, 9.17) is 0 Å². The number of rotatable bonds is 2. The highest BCUT2D eigenvalue weighted by molar-refractivity contribution is 9.11. The molecule has 0 radical (unpaired) electrons. The van der Waals surface area contributed by atoms with Crippen molar-refractivity contribution >= 4 is 43.5 Å². The Bertz CT molecular complexity index is 492. The van der Waals surface area contributed by atoms with E-state index in [9.17, 15) is 4.79 Å². The minimum atomic E-state index is 0.124. The highest BCUT2D eigenvalue weighted by atomic mass is 79.9. The molecule has 18 heavy (non-hydrogen) atoms. The number of nitrogens with one attached hydrogen (secondary N) is 2. The Hall–Kier alpha value is -0.390. The fourth-order valence-electron chi connectivity index (χ4n) is 2.93. The SMILES string of the molecule is O=C(Nc1ccc(Br)cc1Br)C1CC2CCC1N2. The third-order valence-electron chi connectivity index (χ3n) is 3.83. The highest BCUT2D eigenvalue weighted by Gasteiger charge is 2.42. The van der Waals surface area contributed by atoms with Crippen molar-refractivity contribution < 1.29 is 4.79 Å². The first-order chi connectivity index (χ1) is 8.63. The van der Waals surface area contributed by atoms with Gasteiger partial charge in [0.25, 0.3) is 0 Å². The highest BCUT2D eigenvalue weighted by Crippen LogP contribution is 2.34. The number of carbonyl (C=O) groups is 1. The lowest BCUT2D eigenvalue weighted by Gasteiger charge is -2.19. The lowest BCUT2D eigenvalue weighted by atomic mass is 9.88. The number of fused-ring (bicyclic) bond motifs is 2. The van der Waals surface area contributed by atoms with E-state index < -0.39 is 0 Å². The fourth-order valence-corrected chi connectivity index (χ4v) is 4.08. The third kappa shape index (κ3) is 2.36. The van der Waals surface area contributed by atoms with Crippen LogP contribution in [0.15, 0.2) is 27.1 Å². The van der Waals surface area contributed by atoms with Gasteiger partial charge in [0.05, 0.1) is 11.6 Å². The summed E-state index contributed by atoms with van der Waals surface area (Å²) in [6.45, 7) is 0. The molecule has 0 aromatic heterocycles. The van der Waals surface area contributed by atoms with Gasteiger partial charge in [0, 0.05) is 21.0 Å². The Kier molecular flexibility index (Phi) is 3.47. The van der Waals surface area contributed by atoms with Crippen LogP contribution in [0.4, 0.5) is 5.69 Å². The van der Waals surface area contributed by atoms with Gasteiger partial charge in [-0.2, -0.15) is 0 Å². The smallest absolute Gasteiger partial charge is 0.229 e. The van der Waals surface area contributed by atoms with Crippen LogP contribution < -0.4 is 10.6 Å². The Morgan fingerprint density at radius 2 is 2.17 bits per heavy atom. The molecule has 3 nitrogen and oxygen atoms in total. The zero-order valence-electron chi connectivity index (χ0n) is 9.75. The average Bonchev–Trinajstić information content (AvgIpc) is 2.94. The maximum Gasteiger partial charge on any atom is 0.229 e. The van der Waals surface area contributed by atoms with Crippen LogP contribution in [0.3, 0.4) is 0 Å². The standard InChI is InChI=1S/C13H14Br2N2O/c14-7-1-3-12(10(15)5-7)17-13(18)9-6-8-2-4-11(9)16-8/h1,3,5,8-9,11,16H,2,4,6H2,(H,17,18). The molecule has 2 N–H and O–H groups in total. The van der Waals surface area contributed by atoms with Gasteiger partial charge in [0.15, 0.2) is 0 Å². The minimum Gasteiger partial charge on any atom is -0.325 e. The van der Waals surface area contributed by atoms with Crippen molar-refractivity contribution in [3.63, 3.8) is 0 Å². The van der Waals surface area contributed by atoms with E-state index in [1.807, 2.05) is 18.2 Å². The second kappa shape index (κ2) is 4.94. The Morgan fingerprint density at radius 1 is 1.33 bits per heavy atom. The van der Waals surface area contributed by atoms with E-state index >= 15 is 0 Å². The molecule has 1 aromatic carbocycles. The predicted molar refractivity (Wildman–Crippen MR) is 78.5 cm³/mol. The summed E-state index contributed by atoms with van der Waals surface area (Å²) in [5, 5.41) is 6.51. The van der Waals surface area contributed by atoms with Crippen LogP contribution in [-0.4, -0.2) is 18.0 Å². The molecule has 1 amide bonds. The number of hydrogen-bond donors (Lipinski definition) is 2. The topological polar surface area (TPSA) is 41.1 Å². The van der Waals surface area contributed by atoms with E-state index in [-0.39, 0.29) is 11.8 Å². The zero-order chi connectivity index (χ0) is 12.7. The molecule has 2 saturated heterocycles. The van der Waals surface area contributed by atoms with Crippen molar-refractivity contribution in [2.45, 2.75) is 31.3 Å².